The monoisotopic (exact) mass is 283 g/mol. The summed E-state index contributed by atoms with van der Waals surface area (Å²) in [5.41, 5.74) is 3.87. The van der Waals surface area contributed by atoms with Crippen LogP contribution in [-0.4, -0.2) is 13.2 Å². The molecule has 0 aliphatic heterocycles. The predicted octanol–water partition coefficient (Wildman–Crippen LogP) is 4.81. The van der Waals surface area contributed by atoms with Crippen LogP contribution in [0.4, 0.5) is 0 Å². The number of ether oxygens (including phenoxy) is 1. The maximum Gasteiger partial charge on any atom is 0.119 e. The third-order valence-electron chi connectivity index (χ3n) is 3.60. The van der Waals surface area contributed by atoms with E-state index in [-0.39, 0.29) is 0 Å². The van der Waals surface area contributed by atoms with Crippen molar-refractivity contribution in [3.63, 3.8) is 0 Å². The van der Waals surface area contributed by atoms with Gasteiger partial charge in [0, 0.05) is 6.04 Å². The molecular weight excluding hydrogens is 258 g/mol. The van der Waals surface area contributed by atoms with Crippen LogP contribution in [0.15, 0.2) is 48.5 Å². The lowest BCUT2D eigenvalue weighted by Gasteiger charge is -2.18. The highest BCUT2D eigenvalue weighted by molar-refractivity contribution is 5.68. The lowest BCUT2D eigenvalue weighted by atomic mass is 9.95. The molecule has 0 fully saturated rings. The summed E-state index contributed by atoms with van der Waals surface area (Å²) in [6.07, 6.45) is 1.15. The van der Waals surface area contributed by atoms with E-state index in [1.165, 1.54) is 16.7 Å². The summed E-state index contributed by atoms with van der Waals surface area (Å²) in [5, 5.41) is 3.57. The van der Waals surface area contributed by atoms with Crippen LogP contribution in [0, 0.1) is 0 Å². The average Bonchev–Trinajstić information content (AvgIpc) is 2.54. The summed E-state index contributed by atoms with van der Waals surface area (Å²) in [4.78, 5) is 0. The Kier molecular flexibility index (Phi) is 5.82. The van der Waals surface area contributed by atoms with Crippen LogP contribution in [0.1, 0.15) is 38.8 Å². The lowest BCUT2D eigenvalue weighted by Crippen LogP contribution is -2.19. The smallest absolute Gasteiger partial charge is 0.119 e. The molecule has 1 atom stereocenters. The molecule has 0 amide bonds. The van der Waals surface area contributed by atoms with Gasteiger partial charge in [-0.1, -0.05) is 43.3 Å². The van der Waals surface area contributed by atoms with E-state index in [9.17, 15) is 0 Å². The Morgan fingerprint density at radius 1 is 1.00 bits per heavy atom. The van der Waals surface area contributed by atoms with Gasteiger partial charge in [0.05, 0.1) is 6.61 Å². The Hall–Kier alpha value is -1.80. The molecule has 0 aromatic heterocycles. The van der Waals surface area contributed by atoms with E-state index in [4.69, 9.17) is 4.74 Å². The van der Waals surface area contributed by atoms with Gasteiger partial charge in [-0.2, -0.15) is 0 Å². The second-order valence-corrected chi connectivity index (χ2v) is 5.22. The first-order valence-electron chi connectivity index (χ1n) is 7.81. The van der Waals surface area contributed by atoms with E-state index in [1.807, 2.05) is 19.1 Å². The number of hydrogen-bond donors (Lipinski definition) is 1. The topological polar surface area (TPSA) is 21.3 Å². The Morgan fingerprint density at radius 2 is 1.71 bits per heavy atom. The van der Waals surface area contributed by atoms with E-state index in [0.29, 0.717) is 12.6 Å². The molecule has 0 radical (unpaired) electrons. The Bertz CT molecular complexity index is 548. The van der Waals surface area contributed by atoms with Crippen LogP contribution < -0.4 is 10.1 Å². The van der Waals surface area contributed by atoms with Crippen molar-refractivity contribution in [2.75, 3.05) is 13.2 Å². The minimum Gasteiger partial charge on any atom is -0.494 e. The minimum atomic E-state index is 0.354. The van der Waals surface area contributed by atoms with Crippen LogP contribution in [0.3, 0.4) is 0 Å². The van der Waals surface area contributed by atoms with Crippen molar-refractivity contribution in [1.29, 1.82) is 0 Å². The molecule has 2 nitrogen and oxygen atoms in total. The molecule has 2 heteroatoms. The summed E-state index contributed by atoms with van der Waals surface area (Å²) in [6, 6.07) is 17.3. The molecule has 0 saturated heterocycles. The van der Waals surface area contributed by atoms with E-state index in [0.717, 1.165) is 18.7 Å². The maximum absolute atomic E-state index is 5.52. The summed E-state index contributed by atoms with van der Waals surface area (Å²) in [7, 11) is 0. The van der Waals surface area contributed by atoms with Gasteiger partial charge in [-0.05, 0) is 55.6 Å². The maximum atomic E-state index is 5.52. The van der Waals surface area contributed by atoms with Crippen molar-refractivity contribution < 1.29 is 4.74 Å². The van der Waals surface area contributed by atoms with Gasteiger partial charge in [0.25, 0.3) is 0 Å². The van der Waals surface area contributed by atoms with Crippen LogP contribution >= 0.6 is 0 Å². The Labute approximate surface area is 128 Å². The molecule has 21 heavy (non-hydrogen) atoms. The van der Waals surface area contributed by atoms with E-state index in [2.05, 4.69) is 55.6 Å². The normalized spacial score (nSPS) is 12.1. The van der Waals surface area contributed by atoms with Crippen molar-refractivity contribution in [3.8, 4) is 16.9 Å². The highest BCUT2D eigenvalue weighted by atomic mass is 16.5. The minimum absolute atomic E-state index is 0.354. The fourth-order valence-electron chi connectivity index (χ4n) is 2.51. The number of nitrogens with one attached hydrogen (secondary N) is 1. The van der Waals surface area contributed by atoms with Gasteiger partial charge in [-0.3, -0.25) is 0 Å². The van der Waals surface area contributed by atoms with Gasteiger partial charge in [0.1, 0.15) is 5.75 Å². The molecule has 2 rings (SSSR count). The van der Waals surface area contributed by atoms with Gasteiger partial charge >= 0.3 is 0 Å². The van der Waals surface area contributed by atoms with Gasteiger partial charge in [-0.15, -0.1) is 0 Å². The van der Waals surface area contributed by atoms with Crippen molar-refractivity contribution in [2.45, 2.75) is 33.2 Å². The van der Waals surface area contributed by atoms with E-state index >= 15 is 0 Å². The first-order valence-corrected chi connectivity index (χ1v) is 7.81. The second-order valence-electron chi connectivity index (χ2n) is 5.22. The third kappa shape index (κ3) is 4.08. The van der Waals surface area contributed by atoms with Crippen LogP contribution in [0.5, 0.6) is 5.75 Å². The van der Waals surface area contributed by atoms with Crippen molar-refractivity contribution in [2.24, 2.45) is 0 Å². The van der Waals surface area contributed by atoms with Gasteiger partial charge in [0.2, 0.25) is 0 Å². The Morgan fingerprint density at radius 3 is 2.38 bits per heavy atom. The quantitative estimate of drug-likeness (QED) is 0.787. The fourth-order valence-corrected chi connectivity index (χ4v) is 2.51. The zero-order valence-corrected chi connectivity index (χ0v) is 13.2. The summed E-state index contributed by atoms with van der Waals surface area (Å²) in [5.74, 6) is 0.927. The number of benzene rings is 2. The van der Waals surface area contributed by atoms with Crippen molar-refractivity contribution >= 4 is 0 Å². The molecule has 0 aliphatic rings. The third-order valence-corrected chi connectivity index (χ3v) is 3.60. The standard InChI is InChI=1S/C19H25NO/c1-4-14-20-15(3)18-8-6-7-9-19(18)16-10-12-17(13-11-16)21-5-2/h6-13,15,20H,4-5,14H2,1-3H3. The van der Waals surface area contributed by atoms with Crippen LogP contribution in [0.2, 0.25) is 0 Å². The molecule has 1 unspecified atom stereocenters. The fraction of sp³-hybridized carbons (Fsp3) is 0.368. The predicted molar refractivity (Wildman–Crippen MR) is 89.8 cm³/mol. The zero-order valence-electron chi connectivity index (χ0n) is 13.2. The molecule has 0 spiro atoms. The van der Waals surface area contributed by atoms with Gasteiger partial charge in [0.15, 0.2) is 0 Å². The average molecular weight is 283 g/mol. The van der Waals surface area contributed by atoms with Gasteiger partial charge < -0.3 is 10.1 Å². The largest absolute Gasteiger partial charge is 0.494 e. The lowest BCUT2D eigenvalue weighted by molar-refractivity contribution is 0.340. The number of rotatable bonds is 7. The molecule has 0 aliphatic carbocycles. The molecule has 1 N–H and O–H groups in total. The first kappa shape index (κ1) is 15.6. The zero-order chi connectivity index (χ0) is 15.1. The molecular formula is C19H25NO. The van der Waals surface area contributed by atoms with E-state index in [1.54, 1.807) is 0 Å². The SMILES string of the molecule is CCCNC(C)c1ccccc1-c1ccc(OCC)cc1. The van der Waals surface area contributed by atoms with E-state index < -0.39 is 0 Å². The molecule has 0 saturated carbocycles. The number of hydrogen-bond acceptors (Lipinski definition) is 2. The van der Waals surface area contributed by atoms with Crippen molar-refractivity contribution in [1.82, 2.24) is 5.32 Å². The molecule has 0 heterocycles. The van der Waals surface area contributed by atoms with Crippen LogP contribution in [-0.2, 0) is 0 Å². The van der Waals surface area contributed by atoms with Crippen LogP contribution in [0.25, 0.3) is 11.1 Å². The molecule has 2 aromatic carbocycles. The highest BCUT2D eigenvalue weighted by Gasteiger charge is 2.10. The summed E-state index contributed by atoms with van der Waals surface area (Å²) in [6.45, 7) is 8.16. The first-order chi connectivity index (χ1) is 10.3. The Balaban J connectivity index is 2.26. The molecule has 2 aromatic rings. The summed E-state index contributed by atoms with van der Waals surface area (Å²) < 4.78 is 5.52. The van der Waals surface area contributed by atoms with Crippen molar-refractivity contribution in [3.05, 3.63) is 54.1 Å². The molecule has 112 valence electrons. The second kappa shape index (κ2) is 7.84. The summed E-state index contributed by atoms with van der Waals surface area (Å²) >= 11 is 0. The highest BCUT2D eigenvalue weighted by Crippen LogP contribution is 2.29. The van der Waals surface area contributed by atoms with Gasteiger partial charge in [-0.25, -0.2) is 0 Å². The molecule has 0 bridgehead atoms.